The molecule has 0 bridgehead atoms. The first-order valence-corrected chi connectivity index (χ1v) is 8.08. The summed E-state index contributed by atoms with van der Waals surface area (Å²) in [4.78, 5) is 24.5. The standard InChI is InChI=1S/C17H18O9/c1-17(2)25-13-11-10(24-16(13)26-17)12(15(20)22-11)23-14(19)7-4-5-8(18)9(6-7)21-3/h4-6,10-13,16,18H,1-3H3. The van der Waals surface area contributed by atoms with E-state index < -0.39 is 48.4 Å². The third-order valence-corrected chi connectivity index (χ3v) is 4.46. The summed E-state index contributed by atoms with van der Waals surface area (Å²) in [5.74, 6) is -2.32. The number of ether oxygens (including phenoxy) is 6. The quantitative estimate of drug-likeness (QED) is 0.774. The summed E-state index contributed by atoms with van der Waals surface area (Å²) >= 11 is 0. The van der Waals surface area contributed by atoms with Crippen LogP contribution in [0.4, 0.5) is 0 Å². The maximum atomic E-state index is 12.4. The van der Waals surface area contributed by atoms with E-state index >= 15 is 0 Å². The Morgan fingerprint density at radius 1 is 1.19 bits per heavy atom. The lowest BCUT2D eigenvalue weighted by Gasteiger charge is -2.21. The first-order valence-electron chi connectivity index (χ1n) is 8.08. The fourth-order valence-electron chi connectivity index (χ4n) is 3.32. The smallest absolute Gasteiger partial charge is 0.350 e. The second-order valence-electron chi connectivity index (χ2n) is 6.68. The molecule has 3 heterocycles. The first kappa shape index (κ1) is 17.1. The largest absolute Gasteiger partial charge is 0.504 e. The lowest BCUT2D eigenvalue weighted by atomic mass is 10.1. The number of rotatable bonds is 3. The number of benzene rings is 1. The van der Waals surface area contributed by atoms with E-state index in [9.17, 15) is 14.7 Å². The van der Waals surface area contributed by atoms with Gasteiger partial charge in [-0.3, -0.25) is 0 Å². The molecule has 5 unspecified atom stereocenters. The highest BCUT2D eigenvalue weighted by Gasteiger charge is 2.64. The van der Waals surface area contributed by atoms with Gasteiger partial charge in [0.1, 0.15) is 6.10 Å². The van der Waals surface area contributed by atoms with Crippen molar-refractivity contribution >= 4 is 11.9 Å². The van der Waals surface area contributed by atoms with Gasteiger partial charge in [0.25, 0.3) is 0 Å². The minimum atomic E-state index is -1.23. The van der Waals surface area contributed by atoms with Gasteiger partial charge < -0.3 is 33.5 Å². The molecule has 3 fully saturated rings. The number of phenols is 1. The van der Waals surface area contributed by atoms with E-state index in [4.69, 9.17) is 28.4 Å². The fraction of sp³-hybridized carbons (Fsp3) is 0.529. The van der Waals surface area contributed by atoms with E-state index in [1.165, 1.54) is 25.3 Å². The van der Waals surface area contributed by atoms with Crippen molar-refractivity contribution in [2.45, 2.75) is 50.3 Å². The van der Waals surface area contributed by atoms with Gasteiger partial charge in [-0.05, 0) is 32.0 Å². The topological polar surface area (TPSA) is 110 Å². The highest BCUT2D eigenvalue weighted by atomic mass is 16.8. The summed E-state index contributed by atoms with van der Waals surface area (Å²) in [5, 5.41) is 9.60. The maximum absolute atomic E-state index is 12.4. The number of hydrogen-bond acceptors (Lipinski definition) is 9. The zero-order valence-electron chi connectivity index (χ0n) is 14.3. The number of carbonyl (C=O) groups excluding carboxylic acids is 2. The molecule has 1 aromatic carbocycles. The number of esters is 2. The predicted molar refractivity (Wildman–Crippen MR) is 82.4 cm³/mol. The molecule has 1 aromatic rings. The van der Waals surface area contributed by atoms with Crippen LogP contribution in [0, 0.1) is 0 Å². The van der Waals surface area contributed by atoms with Gasteiger partial charge in [0.2, 0.25) is 6.10 Å². The summed E-state index contributed by atoms with van der Waals surface area (Å²) in [6.07, 6.45) is -4.01. The maximum Gasteiger partial charge on any atom is 0.350 e. The van der Waals surface area contributed by atoms with Crippen LogP contribution in [-0.2, 0) is 28.5 Å². The second kappa shape index (κ2) is 5.83. The van der Waals surface area contributed by atoms with Crippen molar-refractivity contribution < 1.29 is 43.1 Å². The van der Waals surface area contributed by atoms with Crippen molar-refractivity contribution in [3.05, 3.63) is 23.8 Å². The van der Waals surface area contributed by atoms with Gasteiger partial charge in [0, 0.05) is 0 Å². The monoisotopic (exact) mass is 366 g/mol. The summed E-state index contributed by atoms with van der Waals surface area (Å²) in [7, 11) is 1.36. The molecule has 0 saturated carbocycles. The zero-order valence-corrected chi connectivity index (χ0v) is 14.3. The third kappa shape index (κ3) is 2.68. The number of hydrogen-bond donors (Lipinski definition) is 1. The van der Waals surface area contributed by atoms with Gasteiger partial charge in [0.05, 0.1) is 12.7 Å². The molecule has 9 nitrogen and oxygen atoms in total. The lowest BCUT2D eigenvalue weighted by molar-refractivity contribution is -0.214. The van der Waals surface area contributed by atoms with Crippen molar-refractivity contribution in [3.63, 3.8) is 0 Å². The number of phenolic OH excluding ortho intramolecular Hbond substituents is 1. The van der Waals surface area contributed by atoms with Crippen LogP contribution in [-0.4, -0.2) is 60.6 Å². The Kier molecular flexibility index (Phi) is 3.83. The molecule has 140 valence electrons. The molecular weight excluding hydrogens is 348 g/mol. The Bertz CT molecular complexity index is 759. The van der Waals surface area contributed by atoms with Crippen molar-refractivity contribution in [1.82, 2.24) is 0 Å². The van der Waals surface area contributed by atoms with Crippen LogP contribution in [0.25, 0.3) is 0 Å². The Hall–Kier alpha value is -2.36. The normalized spacial score (nSPS) is 34.1. The Morgan fingerprint density at radius 3 is 2.69 bits per heavy atom. The molecule has 3 saturated heterocycles. The van der Waals surface area contributed by atoms with Gasteiger partial charge in [-0.25, -0.2) is 9.59 Å². The van der Waals surface area contributed by atoms with Gasteiger partial charge in [0.15, 0.2) is 35.8 Å². The minimum absolute atomic E-state index is 0.113. The second-order valence-corrected chi connectivity index (χ2v) is 6.68. The average molecular weight is 366 g/mol. The van der Waals surface area contributed by atoms with Crippen LogP contribution < -0.4 is 4.74 Å². The van der Waals surface area contributed by atoms with Crippen molar-refractivity contribution in [2.75, 3.05) is 7.11 Å². The van der Waals surface area contributed by atoms with Crippen LogP contribution in [0.2, 0.25) is 0 Å². The summed E-state index contributed by atoms with van der Waals surface area (Å²) in [5.41, 5.74) is 0.114. The van der Waals surface area contributed by atoms with E-state index in [0.717, 1.165) is 0 Å². The predicted octanol–water partition coefficient (Wildman–Crippen LogP) is 0.728. The Morgan fingerprint density at radius 2 is 1.96 bits per heavy atom. The van der Waals surface area contributed by atoms with Crippen LogP contribution >= 0.6 is 0 Å². The first-order chi connectivity index (χ1) is 12.3. The number of carbonyl (C=O) groups is 2. The molecule has 4 rings (SSSR count). The molecule has 0 amide bonds. The molecule has 0 aromatic heterocycles. The van der Waals surface area contributed by atoms with E-state index in [2.05, 4.69) is 0 Å². The van der Waals surface area contributed by atoms with E-state index in [1.54, 1.807) is 13.8 Å². The number of aromatic hydroxyl groups is 1. The average Bonchev–Trinajstić information content (AvgIpc) is 3.15. The minimum Gasteiger partial charge on any atom is -0.504 e. The van der Waals surface area contributed by atoms with Gasteiger partial charge in [-0.1, -0.05) is 0 Å². The molecule has 0 spiro atoms. The van der Waals surface area contributed by atoms with Crippen molar-refractivity contribution in [3.8, 4) is 11.5 Å². The molecular formula is C17H18O9. The molecule has 0 radical (unpaired) electrons. The van der Waals surface area contributed by atoms with E-state index in [-0.39, 0.29) is 17.1 Å². The van der Waals surface area contributed by atoms with Crippen molar-refractivity contribution in [1.29, 1.82) is 0 Å². The lowest BCUT2D eigenvalue weighted by Crippen LogP contribution is -2.37. The molecule has 3 aliphatic heterocycles. The summed E-state index contributed by atoms with van der Waals surface area (Å²) in [6, 6.07) is 3.97. The molecule has 5 atom stereocenters. The third-order valence-electron chi connectivity index (χ3n) is 4.46. The highest BCUT2D eigenvalue weighted by molar-refractivity contribution is 5.92. The summed E-state index contributed by atoms with van der Waals surface area (Å²) in [6.45, 7) is 3.46. The molecule has 3 aliphatic rings. The molecule has 0 aliphatic carbocycles. The van der Waals surface area contributed by atoms with Crippen LogP contribution in [0.1, 0.15) is 24.2 Å². The SMILES string of the molecule is COc1cc(C(=O)OC2C(=O)OC3C4OC(C)(C)OC4OC23)ccc1O. The molecule has 9 heteroatoms. The Balaban J connectivity index is 1.49. The Labute approximate surface area is 148 Å². The van der Waals surface area contributed by atoms with Gasteiger partial charge in [-0.15, -0.1) is 0 Å². The highest BCUT2D eigenvalue weighted by Crippen LogP contribution is 2.43. The summed E-state index contributed by atoms with van der Waals surface area (Å²) < 4.78 is 32.6. The fourth-order valence-corrected chi connectivity index (χ4v) is 3.32. The van der Waals surface area contributed by atoms with Gasteiger partial charge in [-0.2, -0.15) is 0 Å². The van der Waals surface area contributed by atoms with E-state index in [1.807, 2.05) is 0 Å². The van der Waals surface area contributed by atoms with Gasteiger partial charge >= 0.3 is 11.9 Å². The number of methoxy groups -OCH3 is 1. The number of fused-ring (bicyclic) bond motifs is 3. The van der Waals surface area contributed by atoms with E-state index in [0.29, 0.717) is 0 Å². The van der Waals surface area contributed by atoms with Crippen molar-refractivity contribution in [2.24, 2.45) is 0 Å². The van der Waals surface area contributed by atoms with Crippen LogP contribution in [0.3, 0.4) is 0 Å². The van der Waals surface area contributed by atoms with Crippen LogP contribution in [0.5, 0.6) is 11.5 Å². The zero-order chi connectivity index (χ0) is 18.6. The molecule has 26 heavy (non-hydrogen) atoms. The molecule has 1 N–H and O–H groups in total. The van der Waals surface area contributed by atoms with Crippen LogP contribution in [0.15, 0.2) is 18.2 Å².